The average molecular weight is 307 g/mol. The van der Waals surface area contributed by atoms with Crippen LogP contribution >= 0.6 is 11.6 Å². The molecule has 108 valence electrons. The number of halogens is 4. The first-order valence-corrected chi connectivity index (χ1v) is 6.01. The molecule has 1 N–H and O–H groups in total. The SMILES string of the molecule is CC(c1nc(-c2cccc(Cl)c2)no1)C(O)C(F)(F)F. The van der Waals surface area contributed by atoms with Gasteiger partial charge in [-0.25, -0.2) is 0 Å². The van der Waals surface area contributed by atoms with E-state index in [1.54, 1.807) is 24.3 Å². The maximum absolute atomic E-state index is 12.4. The van der Waals surface area contributed by atoms with E-state index in [0.29, 0.717) is 10.6 Å². The number of benzene rings is 1. The van der Waals surface area contributed by atoms with Crippen molar-refractivity contribution in [2.75, 3.05) is 0 Å². The number of aliphatic hydroxyl groups is 1. The Morgan fingerprint density at radius 3 is 2.65 bits per heavy atom. The summed E-state index contributed by atoms with van der Waals surface area (Å²) in [6.07, 6.45) is -7.31. The van der Waals surface area contributed by atoms with E-state index in [-0.39, 0.29) is 11.7 Å². The lowest BCUT2D eigenvalue weighted by atomic mass is 10.0. The van der Waals surface area contributed by atoms with Crippen molar-refractivity contribution in [1.29, 1.82) is 0 Å². The van der Waals surface area contributed by atoms with E-state index in [4.69, 9.17) is 21.2 Å². The van der Waals surface area contributed by atoms with E-state index in [9.17, 15) is 13.2 Å². The van der Waals surface area contributed by atoms with Crippen LogP contribution in [0.1, 0.15) is 18.7 Å². The molecule has 2 unspecified atom stereocenters. The number of aromatic nitrogens is 2. The molecule has 20 heavy (non-hydrogen) atoms. The Kier molecular flexibility index (Phi) is 4.01. The van der Waals surface area contributed by atoms with Crippen molar-refractivity contribution in [3.05, 3.63) is 35.2 Å². The Labute approximate surface area is 117 Å². The molecule has 0 saturated carbocycles. The number of hydrogen-bond donors (Lipinski definition) is 1. The van der Waals surface area contributed by atoms with Gasteiger partial charge in [0.2, 0.25) is 11.7 Å². The number of hydrogen-bond acceptors (Lipinski definition) is 4. The van der Waals surface area contributed by atoms with Crippen LogP contribution in [0.4, 0.5) is 13.2 Å². The molecule has 0 fully saturated rings. The summed E-state index contributed by atoms with van der Waals surface area (Å²) in [7, 11) is 0. The Morgan fingerprint density at radius 2 is 2.05 bits per heavy atom. The zero-order chi connectivity index (χ0) is 14.9. The molecule has 0 spiro atoms. The molecule has 2 rings (SSSR count). The van der Waals surface area contributed by atoms with Gasteiger partial charge in [0.25, 0.3) is 0 Å². The minimum atomic E-state index is -4.75. The monoisotopic (exact) mass is 306 g/mol. The minimum absolute atomic E-state index is 0.115. The molecule has 0 aliphatic heterocycles. The molecule has 0 saturated heterocycles. The number of nitrogens with zero attached hydrogens (tertiary/aromatic N) is 2. The Bertz CT molecular complexity index is 600. The second kappa shape index (κ2) is 5.41. The summed E-state index contributed by atoms with van der Waals surface area (Å²) in [6, 6.07) is 6.50. The largest absolute Gasteiger partial charge is 0.415 e. The van der Waals surface area contributed by atoms with Crippen LogP contribution in [0, 0.1) is 0 Å². The molecular formula is C12H10ClF3N2O2. The number of alkyl halides is 3. The molecule has 1 aromatic carbocycles. The molecule has 0 radical (unpaired) electrons. The van der Waals surface area contributed by atoms with E-state index < -0.39 is 18.2 Å². The van der Waals surface area contributed by atoms with Crippen molar-refractivity contribution in [2.45, 2.75) is 25.1 Å². The van der Waals surface area contributed by atoms with Gasteiger partial charge in [-0.1, -0.05) is 35.8 Å². The summed E-state index contributed by atoms with van der Waals surface area (Å²) < 4.78 is 42.0. The van der Waals surface area contributed by atoms with Gasteiger partial charge < -0.3 is 9.63 Å². The molecule has 0 amide bonds. The second-order valence-electron chi connectivity index (χ2n) is 4.24. The standard InChI is InChI=1S/C12H10ClF3N2O2/c1-6(9(19)12(14,15)16)11-17-10(18-20-11)7-3-2-4-8(13)5-7/h2-6,9,19H,1H3. The van der Waals surface area contributed by atoms with Crippen molar-refractivity contribution in [1.82, 2.24) is 10.1 Å². The molecule has 1 heterocycles. The minimum Gasteiger partial charge on any atom is -0.383 e. The first-order chi connectivity index (χ1) is 9.29. The molecule has 8 heteroatoms. The third-order valence-electron chi connectivity index (χ3n) is 2.72. The van der Waals surface area contributed by atoms with Gasteiger partial charge in [-0.3, -0.25) is 0 Å². The van der Waals surface area contributed by atoms with Gasteiger partial charge in [-0.2, -0.15) is 18.2 Å². The summed E-state index contributed by atoms with van der Waals surface area (Å²) in [4.78, 5) is 3.86. The van der Waals surface area contributed by atoms with Crippen molar-refractivity contribution >= 4 is 11.6 Å². The predicted octanol–water partition coefficient (Wildman–Crippen LogP) is 3.42. The van der Waals surface area contributed by atoms with Gasteiger partial charge in [0.15, 0.2) is 6.10 Å². The normalized spacial score (nSPS) is 15.1. The topological polar surface area (TPSA) is 59.2 Å². The Morgan fingerprint density at radius 1 is 1.35 bits per heavy atom. The third kappa shape index (κ3) is 3.10. The molecule has 0 bridgehead atoms. The number of rotatable bonds is 3. The molecule has 2 aromatic rings. The van der Waals surface area contributed by atoms with Crippen molar-refractivity contribution in [3.63, 3.8) is 0 Å². The molecule has 0 aliphatic rings. The Balaban J connectivity index is 2.25. The van der Waals surface area contributed by atoms with Gasteiger partial charge in [0.05, 0.1) is 5.92 Å². The summed E-state index contributed by atoms with van der Waals surface area (Å²) in [6.45, 7) is 1.16. The highest BCUT2D eigenvalue weighted by atomic mass is 35.5. The second-order valence-corrected chi connectivity index (χ2v) is 4.68. The fourth-order valence-electron chi connectivity index (χ4n) is 1.58. The highest BCUT2D eigenvalue weighted by Gasteiger charge is 2.44. The van der Waals surface area contributed by atoms with Crippen molar-refractivity contribution in [2.24, 2.45) is 0 Å². The van der Waals surface area contributed by atoms with Crippen molar-refractivity contribution < 1.29 is 22.8 Å². The van der Waals surface area contributed by atoms with E-state index in [0.717, 1.165) is 6.92 Å². The van der Waals surface area contributed by atoms with E-state index in [2.05, 4.69) is 10.1 Å². The van der Waals surface area contributed by atoms with Crippen LogP contribution in [-0.4, -0.2) is 27.5 Å². The lowest BCUT2D eigenvalue weighted by Crippen LogP contribution is -2.33. The van der Waals surface area contributed by atoms with Gasteiger partial charge in [0.1, 0.15) is 0 Å². The highest BCUT2D eigenvalue weighted by molar-refractivity contribution is 6.30. The quantitative estimate of drug-likeness (QED) is 0.944. The van der Waals surface area contributed by atoms with Gasteiger partial charge in [-0.05, 0) is 12.1 Å². The maximum atomic E-state index is 12.4. The van der Waals surface area contributed by atoms with Crippen molar-refractivity contribution in [3.8, 4) is 11.4 Å². The van der Waals surface area contributed by atoms with Crippen LogP contribution in [-0.2, 0) is 0 Å². The van der Waals surface area contributed by atoms with Crippen LogP contribution in [0.5, 0.6) is 0 Å². The number of aliphatic hydroxyl groups excluding tert-OH is 1. The van der Waals surface area contributed by atoms with Crippen LogP contribution in [0.2, 0.25) is 5.02 Å². The van der Waals surface area contributed by atoms with E-state index in [1.165, 1.54) is 0 Å². The molecule has 1 aromatic heterocycles. The zero-order valence-electron chi connectivity index (χ0n) is 10.2. The third-order valence-corrected chi connectivity index (χ3v) is 2.96. The maximum Gasteiger partial charge on any atom is 0.415 e. The van der Waals surface area contributed by atoms with Gasteiger partial charge in [-0.15, -0.1) is 0 Å². The summed E-state index contributed by atoms with van der Waals surface area (Å²) in [5, 5.41) is 13.2. The molecule has 4 nitrogen and oxygen atoms in total. The lowest BCUT2D eigenvalue weighted by molar-refractivity contribution is -0.210. The van der Waals surface area contributed by atoms with Crippen LogP contribution in [0.3, 0.4) is 0 Å². The fraction of sp³-hybridized carbons (Fsp3) is 0.333. The lowest BCUT2D eigenvalue weighted by Gasteiger charge is -2.17. The predicted molar refractivity (Wildman–Crippen MR) is 65.2 cm³/mol. The van der Waals surface area contributed by atoms with Gasteiger partial charge in [0, 0.05) is 10.6 Å². The fourth-order valence-corrected chi connectivity index (χ4v) is 1.77. The first-order valence-electron chi connectivity index (χ1n) is 5.63. The smallest absolute Gasteiger partial charge is 0.383 e. The first kappa shape index (κ1) is 14.8. The van der Waals surface area contributed by atoms with Gasteiger partial charge >= 0.3 is 6.18 Å². The highest BCUT2D eigenvalue weighted by Crippen LogP contribution is 2.31. The molecule has 0 aliphatic carbocycles. The van der Waals surface area contributed by atoms with Crippen LogP contribution in [0.15, 0.2) is 28.8 Å². The average Bonchev–Trinajstić information content (AvgIpc) is 2.85. The van der Waals surface area contributed by atoms with Crippen LogP contribution in [0.25, 0.3) is 11.4 Å². The molecular weight excluding hydrogens is 297 g/mol. The summed E-state index contributed by atoms with van der Waals surface area (Å²) in [5.74, 6) is -1.52. The summed E-state index contributed by atoms with van der Waals surface area (Å²) in [5.41, 5.74) is 0.515. The summed E-state index contributed by atoms with van der Waals surface area (Å²) >= 11 is 5.80. The van der Waals surface area contributed by atoms with E-state index in [1.807, 2.05) is 0 Å². The molecule has 2 atom stereocenters. The van der Waals surface area contributed by atoms with E-state index >= 15 is 0 Å². The van der Waals surface area contributed by atoms with Crippen LogP contribution < -0.4 is 0 Å². The Hall–Kier alpha value is -1.60. The zero-order valence-corrected chi connectivity index (χ0v) is 11.0.